The molecule has 0 unspecified atom stereocenters. The van der Waals surface area contributed by atoms with Gasteiger partial charge in [0.1, 0.15) is 22.8 Å². The van der Waals surface area contributed by atoms with Crippen molar-refractivity contribution in [3.63, 3.8) is 0 Å². The number of furan rings is 1. The number of para-hydroxylation sites is 1. The molecule has 0 N–H and O–H groups in total. The van der Waals surface area contributed by atoms with E-state index in [1.807, 2.05) is 36.2 Å². The molecule has 27 heavy (non-hydrogen) atoms. The number of benzene rings is 1. The smallest absolute Gasteiger partial charge is 0.341 e. The van der Waals surface area contributed by atoms with Gasteiger partial charge in [-0.15, -0.1) is 0 Å². The molecule has 1 heterocycles. The third kappa shape index (κ3) is 5.34. The van der Waals surface area contributed by atoms with Crippen molar-refractivity contribution in [2.45, 2.75) is 20.0 Å². The van der Waals surface area contributed by atoms with Crippen molar-refractivity contribution < 1.29 is 23.5 Å². The Morgan fingerprint density at radius 2 is 1.81 bits per heavy atom. The second-order valence-electron chi connectivity index (χ2n) is 6.41. The van der Waals surface area contributed by atoms with Crippen LogP contribution in [0.1, 0.15) is 27.4 Å². The Morgan fingerprint density at radius 3 is 2.48 bits per heavy atom. The SMILES string of the molecule is COC(=O)c1cc(CN(C)CC(=O)N(C)Cc2ccccc2OC)oc1C. The lowest BCUT2D eigenvalue weighted by Crippen LogP contribution is -2.36. The fourth-order valence-corrected chi connectivity index (χ4v) is 2.79. The van der Waals surface area contributed by atoms with Crippen LogP contribution >= 0.6 is 0 Å². The van der Waals surface area contributed by atoms with Crippen LogP contribution in [0.15, 0.2) is 34.7 Å². The fraction of sp³-hybridized carbons (Fsp3) is 0.400. The van der Waals surface area contributed by atoms with Crippen LogP contribution in [-0.4, -0.2) is 56.5 Å². The van der Waals surface area contributed by atoms with E-state index >= 15 is 0 Å². The lowest BCUT2D eigenvalue weighted by molar-refractivity contribution is -0.131. The van der Waals surface area contributed by atoms with E-state index in [2.05, 4.69) is 0 Å². The maximum Gasteiger partial charge on any atom is 0.341 e. The van der Waals surface area contributed by atoms with Crippen LogP contribution in [0, 0.1) is 6.92 Å². The Bertz CT molecular complexity index is 799. The summed E-state index contributed by atoms with van der Waals surface area (Å²) < 4.78 is 15.6. The zero-order valence-corrected chi connectivity index (χ0v) is 16.4. The number of rotatable bonds is 8. The monoisotopic (exact) mass is 374 g/mol. The van der Waals surface area contributed by atoms with E-state index in [4.69, 9.17) is 13.9 Å². The predicted molar refractivity (Wildman–Crippen MR) is 101 cm³/mol. The summed E-state index contributed by atoms with van der Waals surface area (Å²) in [5.74, 6) is 1.41. The first-order valence-corrected chi connectivity index (χ1v) is 8.57. The topological polar surface area (TPSA) is 72.2 Å². The lowest BCUT2D eigenvalue weighted by Gasteiger charge is -2.22. The van der Waals surface area contributed by atoms with Crippen LogP contribution in [0.5, 0.6) is 5.75 Å². The van der Waals surface area contributed by atoms with Crippen molar-refractivity contribution in [3.05, 3.63) is 53.0 Å². The Hall–Kier alpha value is -2.80. The summed E-state index contributed by atoms with van der Waals surface area (Å²) in [4.78, 5) is 27.7. The van der Waals surface area contributed by atoms with E-state index in [1.54, 1.807) is 32.0 Å². The first-order valence-electron chi connectivity index (χ1n) is 8.57. The molecular formula is C20H26N2O5. The number of methoxy groups -OCH3 is 2. The highest BCUT2D eigenvalue weighted by atomic mass is 16.5. The maximum absolute atomic E-state index is 12.5. The zero-order valence-electron chi connectivity index (χ0n) is 16.4. The van der Waals surface area contributed by atoms with Crippen LogP contribution in [-0.2, 0) is 22.6 Å². The summed E-state index contributed by atoms with van der Waals surface area (Å²) in [6, 6.07) is 9.27. The molecule has 7 heteroatoms. The van der Waals surface area contributed by atoms with Gasteiger partial charge in [-0.25, -0.2) is 4.79 Å². The highest BCUT2D eigenvalue weighted by Crippen LogP contribution is 2.19. The van der Waals surface area contributed by atoms with Gasteiger partial charge in [0.05, 0.1) is 27.3 Å². The number of amides is 1. The van der Waals surface area contributed by atoms with Gasteiger partial charge in [-0.05, 0) is 26.1 Å². The summed E-state index contributed by atoms with van der Waals surface area (Å²) in [7, 11) is 6.53. The van der Waals surface area contributed by atoms with Crippen LogP contribution in [0.2, 0.25) is 0 Å². The van der Waals surface area contributed by atoms with Gasteiger partial charge in [0.25, 0.3) is 0 Å². The Morgan fingerprint density at radius 1 is 1.11 bits per heavy atom. The minimum absolute atomic E-state index is 0.0279. The normalized spacial score (nSPS) is 10.7. The standard InChI is InChI=1S/C20H26N2O5/c1-14-17(20(24)26-5)10-16(27-14)12-21(2)13-19(23)22(3)11-15-8-6-7-9-18(15)25-4/h6-10H,11-13H2,1-5H3. The Labute approximate surface area is 159 Å². The van der Waals surface area contributed by atoms with Crippen LogP contribution in [0.25, 0.3) is 0 Å². The van der Waals surface area contributed by atoms with E-state index < -0.39 is 5.97 Å². The second kappa shape index (κ2) is 9.23. The van der Waals surface area contributed by atoms with Crippen LogP contribution in [0.4, 0.5) is 0 Å². The highest BCUT2D eigenvalue weighted by Gasteiger charge is 2.18. The van der Waals surface area contributed by atoms with Crippen LogP contribution in [0.3, 0.4) is 0 Å². The summed E-state index contributed by atoms with van der Waals surface area (Å²) in [5, 5.41) is 0. The summed E-state index contributed by atoms with van der Waals surface area (Å²) in [6.45, 7) is 2.80. The molecule has 146 valence electrons. The molecular weight excluding hydrogens is 348 g/mol. The minimum atomic E-state index is -0.433. The number of aryl methyl sites for hydroxylation is 1. The number of hydrogen-bond acceptors (Lipinski definition) is 6. The number of carbonyl (C=O) groups is 2. The molecule has 0 saturated heterocycles. The Balaban J connectivity index is 1.94. The fourth-order valence-electron chi connectivity index (χ4n) is 2.79. The van der Waals surface area contributed by atoms with Crippen molar-refractivity contribution in [2.24, 2.45) is 0 Å². The first-order chi connectivity index (χ1) is 12.8. The highest BCUT2D eigenvalue weighted by molar-refractivity contribution is 5.90. The largest absolute Gasteiger partial charge is 0.496 e. The van der Waals surface area contributed by atoms with Gasteiger partial charge in [0.2, 0.25) is 5.91 Å². The molecule has 2 aromatic rings. The zero-order chi connectivity index (χ0) is 20.0. The Kier molecular flexibility index (Phi) is 7.01. The molecule has 0 aliphatic heterocycles. The molecule has 0 radical (unpaired) electrons. The van der Waals surface area contributed by atoms with E-state index in [-0.39, 0.29) is 12.5 Å². The molecule has 0 aliphatic rings. The molecule has 2 rings (SSSR count). The molecule has 0 fully saturated rings. The van der Waals surface area contributed by atoms with E-state index in [0.29, 0.717) is 30.2 Å². The second-order valence-corrected chi connectivity index (χ2v) is 6.41. The molecule has 0 saturated carbocycles. The average Bonchev–Trinajstić information content (AvgIpc) is 3.01. The first kappa shape index (κ1) is 20.5. The molecule has 1 aromatic carbocycles. The number of carbonyl (C=O) groups excluding carboxylic acids is 2. The average molecular weight is 374 g/mol. The van der Waals surface area contributed by atoms with Crippen molar-refractivity contribution in [3.8, 4) is 5.75 Å². The quantitative estimate of drug-likeness (QED) is 0.661. The van der Waals surface area contributed by atoms with Gasteiger partial charge >= 0.3 is 5.97 Å². The van der Waals surface area contributed by atoms with Crippen molar-refractivity contribution in [1.82, 2.24) is 9.80 Å². The molecule has 0 bridgehead atoms. The van der Waals surface area contributed by atoms with Gasteiger partial charge in [-0.2, -0.15) is 0 Å². The lowest BCUT2D eigenvalue weighted by atomic mass is 10.2. The number of nitrogens with zero attached hydrogens (tertiary/aromatic N) is 2. The third-order valence-corrected chi connectivity index (χ3v) is 4.23. The maximum atomic E-state index is 12.5. The van der Waals surface area contributed by atoms with Crippen LogP contribution < -0.4 is 4.74 Å². The van der Waals surface area contributed by atoms with Crippen molar-refractivity contribution in [2.75, 3.05) is 34.9 Å². The molecule has 0 atom stereocenters. The van der Waals surface area contributed by atoms with Crippen molar-refractivity contribution >= 4 is 11.9 Å². The number of hydrogen-bond donors (Lipinski definition) is 0. The number of esters is 1. The number of likely N-dealkylation sites (N-methyl/N-ethyl adjacent to an activating group) is 2. The van der Waals surface area contributed by atoms with Gasteiger partial charge < -0.3 is 18.8 Å². The minimum Gasteiger partial charge on any atom is -0.496 e. The summed E-state index contributed by atoms with van der Waals surface area (Å²) in [6.07, 6.45) is 0. The van der Waals surface area contributed by atoms with Gasteiger partial charge in [0.15, 0.2) is 0 Å². The van der Waals surface area contributed by atoms with E-state index in [0.717, 1.165) is 11.3 Å². The molecule has 1 amide bonds. The van der Waals surface area contributed by atoms with E-state index in [1.165, 1.54) is 7.11 Å². The molecule has 1 aromatic heterocycles. The van der Waals surface area contributed by atoms with Gasteiger partial charge in [-0.3, -0.25) is 9.69 Å². The van der Waals surface area contributed by atoms with Gasteiger partial charge in [-0.1, -0.05) is 18.2 Å². The predicted octanol–water partition coefficient (Wildman–Crippen LogP) is 2.47. The van der Waals surface area contributed by atoms with E-state index in [9.17, 15) is 9.59 Å². The third-order valence-electron chi connectivity index (χ3n) is 4.23. The number of ether oxygens (including phenoxy) is 2. The molecule has 7 nitrogen and oxygen atoms in total. The molecule has 0 aliphatic carbocycles. The van der Waals surface area contributed by atoms with Crippen molar-refractivity contribution in [1.29, 1.82) is 0 Å². The summed E-state index contributed by atoms with van der Waals surface area (Å²) in [5.41, 5.74) is 1.35. The van der Waals surface area contributed by atoms with Gasteiger partial charge in [0, 0.05) is 19.2 Å². The molecule has 0 spiro atoms. The summed E-state index contributed by atoms with van der Waals surface area (Å²) >= 11 is 0.